The predicted molar refractivity (Wildman–Crippen MR) is 80.9 cm³/mol. The van der Waals surface area contributed by atoms with Gasteiger partial charge in [0, 0.05) is 17.2 Å². The largest absolute Gasteiger partial charge is 0.618 e. The van der Waals surface area contributed by atoms with E-state index in [0.29, 0.717) is 26.0 Å². The lowest BCUT2D eigenvalue weighted by molar-refractivity contribution is -0.645. The third kappa shape index (κ3) is 4.12. The number of halogens is 1. The van der Waals surface area contributed by atoms with Crippen LogP contribution in [-0.4, -0.2) is 11.7 Å². The fourth-order valence-electron chi connectivity index (χ4n) is 1.57. The number of carbonyl (C=O) groups excluding carboxylic acids is 1. The highest BCUT2D eigenvalue weighted by atomic mass is 35.5. The number of nitrogens with zero attached hydrogens (tertiary/aromatic N) is 2. The summed E-state index contributed by atoms with van der Waals surface area (Å²) in [5.41, 5.74) is 0.690. The van der Waals surface area contributed by atoms with E-state index in [1.54, 1.807) is 24.3 Å². The number of carbonyl (C=O) groups is 1. The van der Waals surface area contributed by atoms with Crippen molar-refractivity contribution >= 4 is 35.0 Å². The summed E-state index contributed by atoms with van der Waals surface area (Å²) in [4.78, 5) is 11.9. The molecule has 2 rings (SSSR count). The van der Waals surface area contributed by atoms with Crippen molar-refractivity contribution in [2.75, 3.05) is 11.1 Å². The molecular formula is C14H10ClN3O2S. The minimum atomic E-state index is -0.317. The summed E-state index contributed by atoms with van der Waals surface area (Å²) in [5.74, 6) is -0.258. The summed E-state index contributed by atoms with van der Waals surface area (Å²) in [6.45, 7) is 0. The van der Waals surface area contributed by atoms with Crippen molar-refractivity contribution in [2.45, 2.75) is 5.03 Å². The Morgan fingerprint density at radius 2 is 2.24 bits per heavy atom. The van der Waals surface area contributed by atoms with Gasteiger partial charge in [-0.2, -0.15) is 9.99 Å². The summed E-state index contributed by atoms with van der Waals surface area (Å²) >= 11 is 6.95. The van der Waals surface area contributed by atoms with E-state index in [-0.39, 0.29) is 11.7 Å². The number of hydrogen-bond acceptors (Lipinski definition) is 4. The average molecular weight is 320 g/mol. The Bertz CT molecular complexity index is 716. The van der Waals surface area contributed by atoms with Crippen LogP contribution in [0.25, 0.3) is 0 Å². The van der Waals surface area contributed by atoms with Crippen LogP contribution in [0, 0.1) is 16.5 Å². The molecule has 0 aliphatic heterocycles. The van der Waals surface area contributed by atoms with Crippen molar-refractivity contribution in [2.24, 2.45) is 0 Å². The van der Waals surface area contributed by atoms with Crippen LogP contribution in [0.15, 0.2) is 47.6 Å². The lowest BCUT2D eigenvalue weighted by atomic mass is 10.2. The van der Waals surface area contributed by atoms with Crippen LogP contribution >= 0.6 is 23.4 Å². The second-order valence-corrected chi connectivity index (χ2v) is 5.44. The number of aromatic nitrogens is 1. The van der Waals surface area contributed by atoms with Crippen molar-refractivity contribution in [3.05, 3.63) is 58.4 Å². The highest BCUT2D eigenvalue weighted by molar-refractivity contribution is 7.99. The smallest absolute Gasteiger partial charge is 0.251 e. The van der Waals surface area contributed by atoms with Gasteiger partial charge < -0.3 is 10.5 Å². The topological polar surface area (TPSA) is 79.8 Å². The lowest BCUT2D eigenvalue weighted by Gasteiger charge is -2.07. The van der Waals surface area contributed by atoms with Gasteiger partial charge in [0.25, 0.3) is 5.03 Å². The molecule has 21 heavy (non-hydrogen) atoms. The van der Waals surface area contributed by atoms with Crippen molar-refractivity contribution in [1.82, 2.24) is 0 Å². The molecule has 1 aromatic carbocycles. The molecule has 0 saturated heterocycles. The van der Waals surface area contributed by atoms with Crippen LogP contribution in [0.3, 0.4) is 0 Å². The zero-order valence-corrected chi connectivity index (χ0v) is 12.3. The summed E-state index contributed by atoms with van der Waals surface area (Å²) in [5, 5.41) is 23.9. The van der Waals surface area contributed by atoms with Gasteiger partial charge in [-0.3, -0.25) is 4.79 Å². The molecule has 106 valence electrons. The van der Waals surface area contributed by atoms with E-state index < -0.39 is 0 Å². The molecule has 1 amide bonds. The standard InChI is InChI=1S/C14H10ClN3O2S/c15-11-5-4-10(8-16)12(7-11)17-13(19)9-21-14-3-1-2-6-18(14)20/h1-7H,9H2,(H,17,19). The van der Waals surface area contributed by atoms with Gasteiger partial charge in [0.1, 0.15) is 6.07 Å². The molecule has 0 fully saturated rings. The third-order valence-corrected chi connectivity index (χ3v) is 3.77. The second-order valence-electron chi connectivity index (χ2n) is 4.00. The summed E-state index contributed by atoms with van der Waals surface area (Å²) in [7, 11) is 0. The third-order valence-electron chi connectivity index (χ3n) is 2.52. The first-order chi connectivity index (χ1) is 10.1. The Hall–Kier alpha value is -2.23. The zero-order valence-electron chi connectivity index (χ0n) is 10.7. The van der Waals surface area contributed by atoms with Crippen molar-refractivity contribution in [3.63, 3.8) is 0 Å². The Kier molecular flexibility index (Phi) is 5.04. The molecule has 2 aromatic rings. The van der Waals surface area contributed by atoms with Gasteiger partial charge in [-0.1, -0.05) is 11.6 Å². The number of benzene rings is 1. The predicted octanol–water partition coefficient (Wildman–Crippen LogP) is 2.58. The van der Waals surface area contributed by atoms with Gasteiger partial charge in [-0.05, 0) is 36.0 Å². The molecule has 0 bridgehead atoms. The Morgan fingerprint density at radius 3 is 2.95 bits per heavy atom. The van der Waals surface area contributed by atoms with E-state index in [1.165, 1.54) is 18.3 Å². The number of nitriles is 1. The van der Waals surface area contributed by atoms with E-state index in [2.05, 4.69) is 5.32 Å². The lowest BCUT2D eigenvalue weighted by Crippen LogP contribution is -2.28. The van der Waals surface area contributed by atoms with Crippen molar-refractivity contribution in [3.8, 4) is 6.07 Å². The monoisotopic (exact) mass is 319 g/mol. The van der Waals surface area contributed by atoms with Crippen LogP contribution in [0.5, 0.6) is 0 Å². The maximum Gasteiger partial charge on any atom is 0.251 e. The van der Waals surface area contributed by atoms with Crippen molar-refractivity contribution in [1.29, 1.82) is 5.26 Å². The maximum absolute atomic E-state index is 11.9. The first-order valence-corrected chi connectivity index (χ1v) is 7.27. The van der Waals surface area contributed by atoms with Gasteiger partial charge in [-0.25, -0.2) is 0 Å². The minimum absolute atomic E-state index is 0.0592. The molecule has 1 heterocycles. The second kappa shape index (κ2) is 6.97. The Labute approximate surface area is 130 Å². The van der Waals surface area contributed by atoms with E-state index in [1.807, 2.05) is 6.07 Å². The molecule has 0 aliphatic rings. The average Bonchev–Trinajstić information content (AvgIpc) is 2.47. The molecule has 1 N–H and O–H groups in total. The first-order valence-electron chi connectivity index (χ1n) is 5.90. The minimum Gasteiger partial charge on any atom is -0.618 e. The summed E-state index contributed by atoms with van der Waals surface area (Å²) in [6, 6.07) is 11.6. The molecule has 7 heteroatoms. The Balaban J connectivity index is 2.01. The van der Waals surface area contributed by atoms with Crippen LogP contribution < -0.4 is 10.0 Å². The van der Waals surface area contributed by atoms with E-state index >= 15 is 0 Å². The molecule has 0 unspecified atom stereocenters. The van der Waals surface area contributed by atoms with Gasteiger partial charge in [0.15, 0.2) is 6.20 Å². The maximum atomic E-state index is 11.9. The highest BCUT2D eigenvalue weighted by Crippen LogP contribution is 2.21. The number of rotatable bonds is 4. The molecule has 0 atom stereocenters. The highest BCUT2D eigenvalue weighted by Gasteiger charge is 2.11. The number of anilines is 1. The summed E-state index contributed by atoms with van der Waals surface area (Å²) in [6.07, 6.45) is 1.37. The SMILES string of the molecule is N#Cc1ccc(Cl)cc1NC(=O)CSc1cccc[n+]1[O-]. The molecule has 0 radical (unpaired) electrons. The van der Waals surface area contributed by atoms with Gasteiger partial charge in [0.2, 0.25) is 5.91 Å². The van der Waals surface area contributed by atoms with Gasteiger partial charge in [0.05, 0.1) is 17.0 Å². The number of hydrogen-bond donors (Lipinski definition) is 1. The van der Waals surface area contributed by atoms with E-state index in [4.69, 9.17) is 16.9 Å². The molecule has 0 spiro atoms. The molecule has 0 saturated carbocycles. The van der Waals surface area contributed by atoms with E-state index in [9.17, 15) is 10.0 Å². The van der Waals surface area contributed by atoms with Gasteiger partial charge >= 0.3 is 0 Å². The van der Waals surface area contributed by atoms with Crippen LogP contribution in [0.2, 0.25) is 5.02 Å². The number of amides is 1. The quantitative estimate of drug-likeness (QED) is 0.533. The molecule has 1 aromatic heterocycles. The number of thioether (sulfide) groups is 1. The first kappa shape index (κ1) is 15.2. The molecule has 5 nitrogen and oxygen atoms in total. The van der Waals surface area contributed by atoms with Crippen LogP contribution in [-0.2, 0) is 4.79 Å². The molecular weight excluding hydrogens is 310 g/mol. The van der Waals surface area contributed by atoms with E-state index in [0.717, 1.165) is 11.8 Å². The van der Waals surface area contributed by atoms with Crippen LogP contribution in [0.4, 0.5) is 5.69 Å². The Morgan fingerprint density at radius 1 is 1.43 bits per heavy atom. The fourth-order valence-corrected chi connectivity index (χ4v) is 2.45. The van der Waals surface area contributed by atoms with Crippen LogP contribution in [0.1, 0.15) is 5.56 Å². The van der Waals surface area contributed by atoms with Gasteiger partial charge in [-0.15, -0.1) is 0 Å². The normalized spacial score (nSPS) is 9.90. The summed E-state index contributed by atoms with van der Waals surface area (Å²) < 4.78 is 0.692. The zero-order chi connectivity index (χ0) is 15.2. The fraction of sp³-hybridized carbons (Fsp3) is 0.0714. The number of nitrogens with one attached hydrogen (secondary N) is 1. The van der Waals surface area contributed by atoms with Crippen molar-refractivity contribution < 1.29 is 9.52 Å². The number of pyridine rings is 1. The molecule has 0 aliphatic carbocycles.